The van der Waals surface area contributed by atoms with Crippen molar-refractivity contribution < 1.29 is 12.2 Å². The van der Waals surface area contributed by atoms with E-state index in [0.717, 1.165) is 29.6 Å². The van der Waals surface area contributed by atoms with E-state index in [1.165, 1.54) is 5.57 Å². The van der Waals surface area contributed by atoms with Crippen LogP contribution in [0.5, 0.6) is 0 Å². The molecule has 156 valence electrons. The van der Waals surface area contributed by atoms with Crippen LogP contribution in [0.1, 0.15) is 33.6 Å². The first-order chi connectivity index (χ1) is 14.8. The highest BCUT2D eigenvalue weighted by atomic mass is 28.3. The van der Waals surface area contributed by atoms with E-state index in [2.05, 4.69) is 43.9 Å². The van der Waals surface area contributed by atoms with Gasteiger partial charge in [-0.25, -0.2) is 0 Å². The van der Waals surface area contributed by atoms with Crippen LogP contribution in [0, 0.1) is 11.3 Å². The topological polar surface area (TPSA) is 18.5 Å². The summed E-state index contributed by atoms with van der Waals surface area (Å²) >= 11 is 0. The molecule has 0 heterocycles. The standard InChI is InChI=1S/C26H36O2Si/c1-22-15-26(16-25(22)19-29(2,3)4,20-27-17-23-11-7-5-8-12-23)21-28-18-24-13-9-6-10-14-24/h5-14,19,22H,15-18,20-21H2,1-4H3/b25-19+/i1D,19D. The largest absolute Gasteiger partial charge is 0.376 e. The minimum atomic E-state index is -1.73. The van der Waals surface area contributed by atoms with Gasteiger partial charge in [0.05, 0.1) is 35.9 Å². The minimum absolute atomic E-state index is 0.139. The average Bonchev–Trinajstić information content (AvgIpc) is 3.13. The molecule has 2 aromatic rings. The van der Waals surface area contributed by atoms with E-state index < -0.39 is 8.07 Å². The second-order valence-corrected chi connectivity index (χ2v) is 14.2. The Morgan fingerprint density at radius 2 is 1.48 bits per heavy atom. The third-order valence-corrected chi connectivity index (χ3v) is 6.38. The van der Waals surface area contributed by atoms with E-state index >= 15 is 0 Å². The van der Waals surface area contributed by atoms with Gasteiger partial charge in [-0.1, -0.05) is 98.5 Å². The van der Waals surface area contributed by atoms with Crippen LogP contribution in [0.2, 0.25) is 19.6 Å². The Bertz CT molecular complexity index is 801. The van der Waals surface area contributed by atoms with Crippen molar-refractivity contribution in [3.63, 3.8) is 0 Å². The molecule has 0 amide bonds. The fourth-order valence-corrected chi connectivity index (χ4v) is 5.33. The molecule has 1 fully saturated rings. The summed E-state index contributed by atoms with van der Waals surface area (Å²) in [6.07, 6.45) is 1.67. The molecule has 0 bridgehead atoms. The predicted octanol–water partition coefficient (Wildman–Crippen LogP) is 6.64. The minimum Gasteiger partial charge on any atom is -0.376 e. The average molecular weight is 411 g/mol. The van der Waals surface area contributed by atoms with Crippen molar-refractivity contribution in [1.82, 2.24) is 0 Å². The van der Waals surface area contributed by atoms with Crippen LogP contribution in [0.15, 0.2) is 71.9 Å². The lowest BCUT2D eigenvalue weighted by atomic mass is 9.87. The molecule has 1 aliphatic carbocycles. The molecular weight excluding hydrogens is 372 g/mol. The van der Waals surface area contributed by atoms with Crippen LogP contribution >= 0.6 is 0 Å². The monoisotopic (exact) mass is 410 g/mol. The van der Waals surface area contributed by atoms with Crippen molar-refractivity contribution in [3.8, 4) is 0 Å². The van der Waals surface area contributed by atoms with Gasteiger partial charge in [-0.05, 0) is 29.9 Å². The summed E-state index contributed by atoms with van der Waals surface area (Å²) in [7, 11) is -1.73. The zero-order valence-corrected chi connectivity index (χ0v) is 19.1. The molecule has 1 unspecified atom stereocenters. The maximum Gasteiger partial charge on any atom is 0.0717 e. The van der Waals surface area contributed by atoms with Crippen molar-refractivity contribution in [2.24, 2.45) is 11.3 Å². The fourth-order valence-electron chi connectivity index (χ4n) is 4.08. The summed E-state index contributed by atoms with van der Waals surface area (Å²) in [5.74, 6) is 0.139. The van der Waals surface area contributed by atoms with Gasteiger partial charge in [0.15, 0.2) is 0 Å². The van der Waals surface area contributed by atoms with Crippen LogP contribution < -0.4 is 0 Å². The van der Waals surface area contributed by atoms with E-state index in [1.807, 2.05) is 36.4 Å². The highest BCUT2D eigenvalue weighted by Gasteiger charge is 2.41. The predicted molar refractivity (Wildman–Crippen MR) is 124 cm³/mol. The van der Waals surface area contributed by atoms with Crippen molar-refractivity contribution >= 4 is 8.07 Å². The van der Waals surface area contributed by atoms with Gasteiger partial charge >= 0.3 is 0 Å². The number of ether oxygens (including phenoxy) is 2. The molecule has 29 heavy (non-hydrogen) atoms. The molecule has 0 aliphatic heterocycles. The summed E-state index contributed by atoms with van der Waals surface area (Å²) in [5.41, 5.74) is 4.16. The van der Waals surface area contributed by atoms with Crippen molar-refractivity contribution in [1.29, 1.82) is 0 Å². The molecule has 1 aliphatic rings. The molecule has 1 saturated carbocycles. The molecule has 0 radical (unpaired) electrons. The molecule has 3 heteroatoms. The van der Waals surface area contributed by atoms with Crippen molar-refractivity contribution in [2.45, 2.75) is 52.6 Å². The van der Waals surface area contributed by atoms with E-state index in [4.69, 9.17) is 12.2 Å². The molecule has 2 nitrogen and oxygen atoms in total. The molecule has 2 aromatic carbocycles. The summed E-state index contributed by atoms with van der Waals surface area (Å²) < 4.78 is 29.4. The lowest BCUT2D eigenvalue weighted by Gasteiger charge is -2.29. The third kappa shape index (κ3) is 6.95. The second kappa shape index (κ2) is 9.88. The van der Waals surface area contributed by atoms with Crippen molar-refractivity contribution in [3.05, 3.63) is 83.0 Å². The maximum absolute atomic E-state index is 8.83. The SMILES string of the molecule is [2H]CC1CC(COCc2ccccc2)(COCc2ccccc2)C/C1=C(/[2H])[Si](C)(C)C. The number of benzene rings is 2. The normalized spacial score (nSPS) is 21.6. The van der Waals surface area contributed by atoms with Gasteiger partial charge in [0.25, 0.3) is 0 Å². The Morgan fingerprint density at radius 3 is 1.93 bits per heavy atom. The molecule has 0 saturated heterocycles. The van der Waals surface area contributed by atoms with Gasteiger partial charge < -0.3 is 9.47 Å². The number of hydrogen-bond acceptors (Lipinski definition) is 2. The Hall–Kier alpha value is -1.68. The fraction of sp³-hybridized carbons (Fsp3) is 0.462. The molecule has 0 N–H and O–H groups in total. The summed E-state index contributed by atoms with van der Waals surface area (Å²) in [4.78, 5) is 0. The van der Waals surface area contributed by atoms with E-state index in [1.54, 1.807) is 0 Å². The molecule has 0 aromatic heterocycles. The Kier molecular flexibility index (Phi) is 6.57. The first-order valence-electron chi connectivity index (χ1n) is 11.8. The highest BCUT2D eigenvalue weighted by molar-refractivity contribution is 6.81. The number of rotatable bonds is 9. The third-order valence-electron chi connectivity index (χ3n) is 5.31. The van der Waals surface area contributed by atoms with Crippen LogP contribution in [0.25, 0.3) is 0 Å². The lowest BCUT2D eigenvalue weighted by molar-refractivity contribution is -0.0304. The summed E-state index contributed by atoms with van der Waals surface area (Å²) in [6.45, 7) is 9.34. The van der Waals surface area contributed by atoms with Crippen LogP contribution in [0.4, 0.5) is 0 Å². The molecule has 1 atom stereocenters. The van der Waals surface area contributed by atoms with Crippen molar-refractivity contribution in [2.75, 3.05) is 13.2 Å². The maximum atomic E-state index is 8.83. The smallest absolute Gasteiger partial charge is 0.0717 e. The zero-order valence-electron chi connectivity index (χ0n) is 20.1. The number of hydrogen-bond donors (Lipinski definition) is 0. The molecule has 0 spiro atoms. The van der Waals surface area contributed by atoms with Crippen LogP contribution in [0.3, 0.4) is 0 Å². The van der Waals surface area contributed by atoms with Gasteiger partial charge in [0, 0.05) is 6.79 Å². The van der Waals surface area contributed by atoms with E-state index in [0.29, 0.717) is 33.3 Å². The summed E-state index contributed by atoms with van der Waals surface area (Å²) in [6, 6.07) is 20.5. The first-order valence-corrected chi connectivity index (χ1v) is 14.1. The molecular formula is C26H36O2Si. The van der Waals surface area contributed by atoms with E-state index in [9.17, 15) is 0 Å². The molecule has 3 rings (SSSR count). The zero-order chi connectivity index (χ0) is 22.3. The van der Waals surface area contributed by atoms with Crippen LogP contribution in [-0.4, -0.2) is 21.3 Å². The second-order valence-electron chi connectivity index (χ2n) is 9.43. The Balaban J connectivity index is 1.74. The quantitative estimate of drug-likeness (QED) is 0.431. The number of allylic oxidation sites excluding steroid dienone is 1. The Labute approximate surface area is 180 Å². The van der Waals surface area contributed by atoms with Gasteiger partial charge in [-0.15, -0.1) is 0 Å². The highest BCUT2D eigenvalue weighted by Crippen LogP contribution is 2.46. The first kappa shape index (κ1) is 19.3. The Morgan fingerprint density at radius 1 is 0.966 bits per heavy atom. The van der Waals surface area contributed by atoms with Gasteiger partial charge in [0.1, 0.15) is 0 Å². The summed E-state index contributed by atoms with van der Waals surface area (Å²) in [5, 5.41) is 0. The lowest BCUT2D eigenvalue weighted by Crippen LogP contribution is -2.30. The van der Waals surface area contributed by atoms with Gasteiger partial charge in [0.2, 0.25) is 0 Å². The van der Waals surface area contributed by atoms with E-state index in [-0.39, 0.29) is 11.3 Å². The van der Waals surface area contributed by atoms with Gasteiger partial charge in [-0.3, -0.25) is 0 Å². The van der Waals surface area contributed by atoms with Crippen LogP contribution in [-0.2, 0) is 22.7 Å². The van der Waals surface area contributed by atoms with Gasteiger partial charge in [-0.2, -0.15) is 0 Å².